The third-order valence-corrected chi connectivity index (χ3v) is 4.45. The summed E-state index contributed by atoms with van der Waals surface area (Å²) in [7, 11) is 0. The van der Waals surface area contributed by atoms with Crippen molar-refractivity contribution in [3.63, 3.8) is 0 Å². The summed E-state index contributed by atoms with van der Waals surface area (Å²) in [6, 6.07) is 10.3. The predicted octanol–water partition coefficient (Wildman–Crippen LogP) is 3.01. The Morgan fingerprint density at radius 2 is 1.93 bits per heavy atom. The molecular weight excluding hydrogens is 476 g/mol. The normalized spacial score (nSPS) is 10.5. The molecule has 0 saturated carbocycles. The molecule has 0 fully saturated rings. The molecule has 0 spiro atoms. The Labute approximate surface area is 187 Å². The maximum absolute atomic E-state index is 12.2. The maximum atomic E-state index is 12.2. The topological polar surface area (TPSA) is 109 Å². The zero-order valence-electron chi connectivity index (χ0n) is 16.3. The minimum absolute atomic E-state index is 0.250. The second kappa shape index (κ2) is 11.3. The van der Waals surface area contributed by atoms with Gasteiger partial charge in [0.15, 0.2) is 6.61 Å². The number of aryl methyl sites for hydroxylation is 1. The van der Waals surface area contributed by atoms with E-state index in [0.29, 0.717) is 28.6 Å². The summed E-state index contributed by atoms with van der Waals surface area (Å²) in [4.78, 5) is 35.2. The van der Waals surface area contributed by atoms with Crippen molar-refractivity contribution in [2.45, 2.75) is 13.8 Å². The van der Waals surface area contributed by atoms with Crippen molar-refractivity contribution in [3.05, 3.63) is 57.0 Å². The molecule has 0 bridgehead atoms. The van der Waals surface area contributed by atoms with Crippen LogP contribution in [0.3, 0.4) is 0 Å². The van der Waals surface area contributed by atoms with E-state index >= 15 is 0 Å². The quantitative estimate of drug-likeness (QED) is 0.312. The van der Waals surface area contributed by atoms with Crippen LogP contribution in [-0.2, 0) is 14.4 Å². The SMILES string of the molecule is CCNC(=O)C(=O)N/N=C\c1cc(Br)ccc1OCC(=O)Nc1cc(Cl)ccc1C. The summed E-state index contributed by atoms with van der Waals surface area (Å²) in [6.07, 6.45) is 1.32. The first-order valence-corrected chi connectivity index (χ1v) is 10.1. The molecule has 0 aromatic heterocycles. The largest absolute Gasteiger partial charge is 0.483 e. The van der Waals surface area contributed by atoms with Gasteiger partial charge in [-0.15, -0.1) is 0 Å². The minimum atomic E-state index is -0.887. The molecule has 10 heteroatoms. The van der Waals surface area contributed by atoms with Gasteiger partial charge < -0.3 is 15.4 Å². The molecule has 0 aliphatic rings. The number of nitrogens with one attached hydrogen (secondary N) is 3. The molecule has 0 unspecified atom stereocenters. The van der Waals surface area contributed by atoms with Crippen LogP contribution in [0.4, 0.5) is 5.69 Å². The molecule has 2 aromatic rings. The summed E-state index contributed by atoms with van der Waals surface area (Å²) in [6.45, 7) is 3.63. The lowest BCUT2D eigenvalue weighted by Crippen LogP contribution is -2.37. The number of carbonyl (C=O) groups is 3. The first kappa shape index (κ1) is 23.4. The van der Waals surface area contributed by atoms with Crippen LogP contribution in [0.2, 0.25) is 5.02 Å². The van der Waals surface area contributed by atoms with Crippen LogP contribution in [0.15, 0.2) is 46.0 Å². The number of likely N-dealkylation sites (N-methyl/N-ethyl adjacent to an activating group) is 1. The van der Waals surface area contributed by atoms with E-state index in [1.54, 1.807) is 43.3 Å². The van der Waals surface area contributed by atoms with Crippen LogP contribution in [0.5, 0.6) is 5.75 Å². The average Bonchev–Trinajstić information content (AvgIpc) is 2.70. The molecule has 0 radical (unpaired) electrons. The summed E-state index contributed by atoms with van der Waals surface area (Å²) >= 11 is 9.30. The van der Waals surface area contributed by atoms with Crippen molar-refractivity contribution in [2.24, 2.45) is 5.10 Å². The number of halogens is 2. The molecule has 30 heavy (non-hydrogen) atoms. The predicted molar refractivity (Wildman–Crippen MR) is 119 cm³/mol. The molecule has 0 aliphatic carbocycles. The van der Waals surface area contributed by atoms with Gasteiger partial charge in [-0.05, 0) is 49.7 Å². The maximum Gasteiger partial charge on any atom is 0.329 e. The van der Waals surface area contributed by atoms with Crippen molar-refractivity contribution < 1.29 is 19.1 Å². The number of carbonyl (C=O) groups excluding carboxylic acids is 3. The smallest absolute Gasteiger partial charge is 0.329 e. The standard InChI is InChI=1S/C20H20BrClN4O4/c1-3-23-19(28)20(29)26-24-10-13-8-14(21)5-7-17(13)30-11-18(27)25-16-9-15(22)6-4-12(16)2/h4-10H,3,11H2,1-2H3,(H,23,28)(H,25,27)(H,26,29)/b24-10-. The number of anilines is 1. The number of benzene rings is 2. The summed E-state index contributed by atoms with van der Waals surface area (Å²) < 4.78 is 6.33. The van der Waals surface area contributed by atoms with Gasteiger partial charge in [-0.25, -0.2) is 5.43 Å². The lowest BCUT2D eigenvalue weighted by atomic mass is 10.2. The highest BCUT2D eigenvalue weighted by Gasteiger charge is 2.11. The first-order chi connectivity index (χ1) is 14.3. The van der Waals surface area contributed by atoms with Gasteiger partial charge in [-0.2, -0.15) is 5.10 Å². The summed E-state index contributed by atoms with van der Waals surface area (Å²) in [5, 5.41) is 9.38. The Morgan fingerprint density at radius 3 is 2.67 bits per heavy atom. The van der Waals surface area contributed by atoms with E-state index in [2.05, 4.69) is 37.1 Å². The van der Waals surface area contributed by atoms with Gasteiger partial charge in [0.1, 0.15) is 5.75 Å². The second-order valence-electron chi connectivity index (χ2n) is 6.04. The van der Waals surface area contributed by atoms with Gasteiger partial charge in [0.05, 0.1) is 6.21 Å². The zero-order valence-corrected chi connectivity index (χ0v) is 18.6. The van der Waals surface area contributed by atoms with Gasteiger partial charge in [-0.3, -0.25) is 14.4 Å². The van der Waals surface area contributed by atoms with E-state index in [-0.39, 0.29) is 12.5 Å². The van der Waals surface area contributed by atoms with Gasteiger partial charge in [0.25, 0.3) is 5.91 Å². The lowest BCUT2D eigenvalue weighted by Gasteiger charge is -2.11. The molecule has 8 nitrogen and oxygen atoms in total. The highest BCUT2D eigenvalue weighted by Crippen LogP contribution is 2.23. The van der Waals surface area contributed by atoms with E-state index in [0.717, 1.165) is 10.0 Å². The average molecular weight is 496 g/mol. The Morgan fingerprint density at radius 1 is 1.17 bits per heavy atom. The van der Waals surface area contributed by atoms with Crippen LogP contribution in [0.1, 0.15) is 18.1 Å². The van der Waals surface area contributed by atoms with Crippen molar-refractivity contribution in [1.82, 2.24) is 10.7 Å². The lowest BCUT2D eigenvalue weighted by molar-refractivity contribution is -0.139. The van der Waals surface area contributed by atoms with Crippen molar-refractivity contribution >= 4 is 57.2 Å². The molecule has 0 aliphatic heterocycles. The molecule has 0 saturated heterocycles. The fourth-order valence-corrected chi connectivity index (χ4v) is 2.81. The molecular formula is C20H20BrClN4O4. The molecule has 3 N–H and O–H groups in total. The Bertz CT molecular complexity index is 981. The van der Waals surface area contributed by atoms with E-state index in [1.165, 1.54) is 6.21 Å². The monoisotopic (exact) mass is 494 g/mol. The number of hydrogen-bond acceptors (Lipinski definition) is 5. The Hall–Kier alpha value is -2.91. The number of ether oxygens (including phenoxy) is 1. The van der Waals surface area contributed by atoms with Crippen molar-refractivity contribution in [3.8, 4) is 5.75 Å². The zero-order chi connectivity index (χ0) is 22.1. The van der Waals surface area contributed by atoms with Crippen molar-refractivity contribution in [2.75, 3.05) is 18.5 Å². The van der Waals surface area contributed by atoms with Gasteiger partial charge in [-0.1, -0.05) is 33.6 Å². The third kappa shape index (κ3) is 7.16. The van der Waals surface area contributed by atoms with Crippen LogP contribution in [0.25, 0.3) is 0 Å². The first-order valence-electron chi connectivity index (χ1n) is 8.89. The van der Waals surface area contributed by atoms with Gasteiger partial charge in [0, 0.05) is 27.3 Å². The van der Waals surface area contributed by atoms with E-state index in [9.17, 15) is 14.4 Å². The highest BCUT2D eigenvalue weighted by atomic mass is 79.9. The molecule has 158 valence electrons. The number of hydrazone groups is 1. The number of hydrogen-bond donors (Lipinski definition) is 3. The highest BCUT2D eigenvalue weighted by molar-refractivity contribution is 9.10. The minimum Gasteiger partial charge on any atom is -0.483 e. The third-order valence-electron chi connectivity index (χ3n) is 3.72. The van der Waals surface area contributed by atoms with E-state index in [1.807, 2.05) is 6.92 Å². The molecule has 2 aromatic carbocycles. The van der Waals surface area contributed by atoms with Crippen LogP contribution < -0.4 is 20.8 Å². The summed E-state index contributed by atoms with van der Waals surface area (Å²) in [5.74, 6) is -1.67. The number of amides is 3. The van der Waals surface area contributed by atoms with Crippen LogP contribution in [-0.4, -0.2) is 37.1 Å². The molecule has 3 amide bonds. The van der Waals surface area contributed by atoms with Crippen LogP contribution in [0, 0.1) is 6.92 Å². The van der Waals surface area contributed by atoms with E-state index < -0.39 is 11.8 Å². The van der Waals surface area contributed by atoms with Crippen LogP contribution >= 0.6 is 27.5 Å². The van der Waals surface area contributed by atoms with E-state index in [4.69, 9.17) is 16.3 Å². The summed E-state index contributed by atoms with van der Waals surface area (Å²) in [5.41, 5.74) is 4.09. The Kier molecular flexibility index (Phi) is 8.82. The number of nitrogens with zero attached hydrogens (tertiary/aromatic N) is 1. The number of rotatable bonds is 7. The second-order valence-corrected chi connectivity index (χ2v) is 7.39. The van der Waals surface area contributed by atoms with Crippen molar-refractivity contribution in [1.29, 1.82) is 0 Å². The molecule has 0 atom stereocenters. The fraction of sp³-hybridized carbons (Fsp3) is 0.200. The fourth-order valence-electron chi connectivity index (χ4n) is 2.26. The molecule has 2 rings (SSSR count). The molecule has 0 heterocycles. The Balaban J connectivity index is 2.01. The van der Waals surface area contributed by atoms with Gasteiger partial charge >= 0.3 is 11.8 Å². The van der Waals surface area contributed by atoms with Gasteiger partial charge in [0.2, 0.25) is 0 Å².